The van der Waals surface area contributed by atoms with Crippen LogP contribution in [0.5, 0.6) is 0 Å². The molecule has 0 atom stereocenters. The average Bonchev–Trinajstić information content (AvgIpc) is 3.26. The maximum Gasteiger partial charge on any atom is 0.251 e. The minimum atomic E-state index is -0.521. The van der Waals surface area contributed by atoms with E-state index in [4.69, 9.17) is 11.6 Å². The summed E-state index contributed by atoms with van der Waals surface area (Å²) in [4.78, 5) is 23.9. The van der Waals surface area contributed by atoms with Gasteiger partial charge in [0, 0.05) is 36.8 Å². The summed E-state index contributed by atoms with van der Waals surface area (Å²) in [6.45, 7) is 4.04. The van der Waals surface area contributed by atoms with Gasteiger partial charge < -0.3 is 15.5 Å². The van der Waals surface area contributed by atoms with E-state index in [1.807, 2.05) is 13.0 Å². The SMILES string of the molecule is Cc1nc(NC2CCC(NC(=O)c3ccc(F)c(Cl)c3)CC2)cc(N2CCCC2)n1.Cl. The first-order valence-electron chi connectivity index (χ1n) is 10.6. The van der Waals surface area contributed by atoms with Gasteiger partial charge in [-0.25, -0.2) is 14.4 Å². The van der Waals surface area contributed by atoms with Crippen molar-refractivity contribution in [3.05, 3.63) is 46.5 Å². The molecule has 6 nitrogen and oxygen atoms in total. The zero-order valence-electron chi connectivity index (χ0n) is 17.5. The molecule has 2 N–H and O–H groups in total. The molecule has 1 aliphatic heterocycles. The van der Waals surface area contributed by atoms with E-state index in [0.29, 0.717) is 11.6 Å². The van der Waals surface area contributed by atoms with Crippen molar-refractivity contribution in [2.24, 2.45) is 0 Å². The third-order valence-electron chi connectivity index (χ3n) is 5.85. The number of rotatable bonds is 5. The molecule has 1 saturated carbocycles. The summed E-state index contributed by atoms with van der Waals surface area (Å²) in [5, 5.41) is 6.56. The fraction of sp³-hybridized carbons (Fsp3) is 0.500. The molecule has 0 spiro atoms. The lowest BCUT2D eigenvalue weighted by atomic mass is 9.91. The number of aromatic nitrogens is 2. The number of nitrogens with one attached hydrogen (secondary N) is 2. The van der Waals surface area contributed by atoms with Gasteiger partial charge in [0.1, 0.15) is 23.3 Å². The molecule has 1 aromatic carbocycles. The molecule has 0 bridgehead atoms. The fourth-order valence-electron chi connectivity index (χ4n) is 4.23. The summed E-state index contributed by atoms with van der Waals surface area (Å²) < 4.78 is 13.3. The highest BCUT2D eigenvalue weighted by molar-refractivity contribution is 6.31. The summed E-state index contributed by atoms with van der Waals surface area (Å²) in [5.74, 6) is 1.92. The monoisotopic (exact) mass is 467 g/mol. The zero-order valence-corrected chi connectivity index (χ0v) is 19.1. The van der Waals surface area contributed by atoms with Crippen LogP contribution in [0, 0.1) is 12.7 Å². The van der Waals surface area contributed by atoms with Crippen LogP contribution < -0.4 is 15.5 Å². The van der Waals surface area contributed by atoms with Crippen LogP contribution >= 0.6 is 24.0 Å². The van der Waals surface area contributed by atoms with Gasteiger partial charge in [-0.3, -0.25) is 4.79 Å². The predicted octanol–water partition coefficient (Wildman–Crippen LogP) is 4.75. The van der Waals surface area contributed by atoms with Gasteiger partial charge in [0.2, 0.25) is 0 Å². The number of carbonyl (C=O) groups is 1. The highest BCUT2D eigenvalue weighted by Gasteiger charge is 2.24. The van der Waals surface area contributed by atoms with Crippen LogP contribution in [0.2, 0.25) is 5.02 Å². The second kappa shape index (κ2) is 10.5. The molecule has 2 aromatic rings. The van der Waals surface area contributed by atoms with E-state index in [9.17, 15) is 9.18 Å². The molecule has 4 rings (SSSR count). The largest absolute Gasteiger partial charge is 0.367 e. The van der Waals surface area contributed by atoms with E-state index < -0.39 is 5.82 Å². The first-order valence-corrected chi connectivity index (χ1v) is 11.0. The molecule has 1 saturated heterocycles. The van der Waals surface area contributed by atoms with Gasteiger partial charge in [-0.1, -0.05) is 11.6 Å². The number of hydrogen-bond acceptors (Lipinski definition) is 5. The molecular weight excluding hydrogens is 440 g/mol. The van der Waals surface area contributed by atoms with Crippen molar-refractivity contribution in [1.82, 2.24) is 15.3 Å². The Balaban J connectivity index is 0.00000272. The summed E-state index contributed by atoms with van der Waals surface area (Å²) in [6.07, 6.45) is 6.06. The van der Waals surface area contributed by atoms with Gasteiger partial charge in [0.05, 0.1) is 5.02 Å². The van der Waals surface area contributed by atoms with Crippen LogP contribution in [-0.2, 0) is 0 Å². The van der Waals surface area contributed by atoms with Crippen molar-refractivity contribution < 1.29 is 9.18 Å². The summed E-state index contributed by atoms with van der Waals surface area (Å²) in [6, 6.07) is 6.52. The number of carbonyl (C=O) groups excluding carboxylic acids is 1. The molecule has 2 aliphatic rings. The lowest BCUT2D eigenvalue weighted by Crippen LogP contribution is -2.40. The Kier molecular flexibility index (Phi) is 7.94. The fourth-order valence-corrected chi connectivity index (χ4v) is 4.41. The number of nitrogens with zero attached hydrogens (tertiary/aromatic N) is 3. The summed E-state index contributed by atoms with van der Waals surface area (Å²) >= 11 is 5.78. The molecule has 2 heterocycles. The first-order chi connectivity index (χ1) is 14.5. The van der Waals surface area contributed by atoms with E-state index in [-0.39, 0.29) is 29.4 Å². The number of hydrogen-bond donors (Lipinski definition) is 2. The second-order valence-corrected chi connectivity index (χ2v) is 8.56. The number of amides is 1. The molecule has 1 amide bonds. The Morgan fingerprint density at radius 1 is 1.10 bits per heavy atom. The van der Waals surface area contributed by atoms with Crippen LogP contribution in [0.15, 0.2) is 24.3 Å². The quantitative estimate of drug-likeness (QED) is 0.663. The molecule has 31 heavy (non-hydrogen) atoms. The van der Waals surface area contributed by atoms with Gasteiger partial charge in [-0.05, 0) is 63.6 Å². The summed E-state index contributed by atoms with van der Waals surface area (Å²) in [7, 11) is 0. The van der Waals surface area contributed by atoms with E-state index in [0.717, 1.165) is 56.2 Å². The predicted molar refractivity (Wildman–Crippen MR) is 124 cm³/mol. The van der Waals surface area contributed by atoms with E-state index in [2.05, 4.69) is 25.5 Å². The summed E-state index contributed by atoms with van der Waals surface area (Å²) in [5.41, 5.74) is 0.382. The Labute approximate surface area is 193 Å². The molecule has 0 radical (unpaired) electrons. The maximum atomic E-state index is 13.3. The van der Waals surface area contributed by atoms with Crippen LogP contribution in [-0.4, -0.2) is 41.0 Å². The lowest BCUT2D eigenvalue weighted by molar-refractivity contribution is 0.0926. The number of benzene rings is 1. The first kappa shape index (κ1) is 23.5. The Morgan fingerprint density at radius 2 is 1.77 bits per heavy atom. The highest BCUT2D eigenvalue weighted by atomic mass is 35.5. The smallest absolute Gasteiger partial charge is 0.251 e. The number of aryl methyl sites for hydroxylation is 1. The van der Waals surface area contributed by atoms with Crippen LogP contribution in [0.1, 0.15) is 54.7 Å². The van der Waals surface area contributed by atoms with Crippen molar-refractivity contribution >= 4 is 41.6 Å². The third kappa shape index (κ3) is 5.98. The minimum absolute atomic E-state index is 0. The van der Waals surface area contributed by atoms with Gasteiger partial charge in [0.25, 0.3) is 5.91 Å². The van der Waals surface area contributed by atoms with Crippen LogP contribution in [0.25, 0.3) is 0 Å². The average molecular weight is 468 g/mol. The lowest BCUT2D eigenvalue weighted by Gasteiger charge is -2.30. The van der Waals surface area contributed by atoms with Crippen molar-refractivity contribution in [1.29, 1.82) is 0 Å². The topological polar surface area (TPSA) is 70.2 Å². The van der Waals surface area contributed by atoms with Gasteiger partial charge in [-0.2, -0.15) is 0 Å². The van der Waals surface area contributed by atoms with Crippen LogP contribution in [0.4, 0.5) is 16.0 Å². The maximum absolute atomic E-state index is 13.3. The Morgan fingerprint density at radius 3 is 2.45 bits per heavy atom. The molecule has 2 fully saturated rings. The van der Waals surface area contributed by atoms with E-state index in [1.54, 1.807) is 0 Å². The zero-order chi connectivity index (χ0) is 21.1. The highest BCUT2D eigenvalue weighted by Crippen LogP contribution is 2.25. The third-order valence-corrected chi connectivity index (χ3v) is 6.14. The minimum Gasteiger partial charge on any atom is -0.367 e. The second-order valence-electron chi connectivity index (χ2n) is 8.15. The molecule has 0 unspecified atom stereocenters. The van der Waals surface area contributed by atoms with Crippen LogP contribution in [0.3, 0.4) is 0 Å². The molecule has 1 aliphatic carbocycles. The molecule has 1 aromatic heterocycles. The number of anilines is 2. The normalized spacial score (nSPS) is 20.8. The number of halogens is 3. The van der Waals surface area contributed by atoms with Gasteiger partial charge in [-0.15, -0.1) is 12.4 Å². The Bertz CT molecular complexity index is 915. The van der Waals surface area contributed by atoms with Gasteiger partial charge in [0.15, 0.2) is 0 Å². The Hall–Kier alpha value is -2.12. The van der Waals surface area contributed by atoms with Crippen molar-refractivity contribution in [3.63, 3.8) is 0 Å². The van der Waals surface area contributed by atoms with Crippen molar-refractivity contribution in [2.45, 2.75) is 57.5 Å². The van der Waals surface area contributed by atoms with E-state index in [1.165, 1.54) is 31.0 Å². The van der Waals surface area contributed by atoms with Gasteiger partial charge >= 0.3 is 0 Å². The van der Waals surface area contributed by atoms with Crippen molar-refractivity contribution in [2.75, 3.05) is 23.3 Å². The van der Waals surface area contributed by atoms with E-state index >= 15 is 0 Å². The molecular formula is C22H28Cl2FN5O. The van der Waals surface area contributed by atoms with Crippen molar-refractivity contribution in [3.8, 4) is 0 Å². The molecule has 9 heteroatoms. The standard InChI is InChI=1S/C22H27ClFN5O.ClH/c1-14-25-20(13-21(26-14)29-10-2-3-11-29)27-16-5-7-17(8-6-16)28-22(30)15-4-9-19(24)18(23)12-15;/h4,9,12-13,16-17H,2-3,5-8,10-11H2,1H3,(H,28,30)(H,25,26,27);1H. The molecule has 168 valence electrons.